The van der Waals surface area contributed by atoms with Crippen LogP contribution in [0.1, 0.15) is 34.9 Å². The number of fused-ring (bicyclic) bond motifs is 8. The molecule has 0 aliphatic heterocycles. The first-order chi connectivity index (χ1) is 19.6. The van der Waals surface area contributed by atoms with Crippen LogP contribution >= 0.6 is 34.9 Å². The number of thioether (sulfide) groups is 2. The number of aryl methyl sites for hydroxylation is 1. The first-order valence-electron chi connectivity index (χ1n) is 13.2. The molecule has 40 heavy (non-hydrogen) atoms. The zero-order chi connectivity index (χ0) is 27.2. The number of ether oxygens (including phenoxy) is 2. The van der Waals surface area contributed by atoms with Gasteiger partial charge in [-0.2, -0.15) is 0 Å². The lowest BCUT2D eigenvalue weighted by molar-refractivity contribution is 0.414. The van der Waals surface area contributed by atoms with Gasteiger partial charge in [-0.05, 0) is 66.1 Å². The van der Waals surface area contributed by atoms with Crippen LogP contribution in [0.5, 0.6) is 11.5 Å². The minimum atomic E-state index is 0.686. The average molecular weight is 589 g/mol. The van der Waals surface area contributed by atoms with Crippen LogP contribution in [0.15, 0.2) is 58.8 Å². The predicted octanol–water partition coefficient (Wildman–Crippen LogP) is 6.71. The molecule has 1 aliphatic carbocycles. The van der Waals surface area contributed by atoms with Crippen molar-refractivity contribution in [3.05, 3.63) is 70.1 Å². The Morgan fingerprint density at radius 3 is 2.05 bits per heavy atom. The third kappa shape index (κ3) is 4.49. The van der Waals surface area contributed by atoms with Crippen molar-refractivity contribution in [2.24, 2.45) is 5.92 Å². The Hall–Kier alpha value is -3.28. The fraction of sp³-hybridized carbons (Fsp3) is 0.310. The number of nitrogens with zero attached hydrogens (tertiary/aromatic N) is 6. The van der Waals surface area contributed by atoms with Gasteiger partial charge in [0.15, 0.2) is 16.0 Å². The molecule has 0 N–H and O–H groups in total. The second-order valence-corrected chi connectivity index (χ2v) is 13.0. The van der Waals surface area contributed by atoms with Gasteiger partial charge in [0.2, 0.25) is 5.78 Å². The van der Waals surface area contributed by atoms with Crippen molar-refractivity contribution in [1.82, 2.24) is 29.2 Å². The van der Waals surface area contributed by atoms with Crippen molar-refractivity contribution in [3.63, 3.8) is 0 Å². The Morgan fingerprint density at radius 1 is 0.825 bits per heavy atom. The predicted molar refractivity (Wildman–Crippen MR) is 161 cm³/mol. The topological polar surface area (TPSA) is 78.8 Å². The van der Waals surface area contributed by atoms with Crippen LogP contribution in [0.3, 0.4) is 0 Å². The summed E-state index contributed by atoms with van der Waals surface area (Å²) in [6.45, 7) is 2.35. The van der Waals surface area contributed by atoms with Gasteiger partial charge < -0.3 is 9.47 Å². The second kappa shape index (κ2) is 10.6. The first-order valence-corrected chi connectivity index (χ1v) is 16.0. The summed E-state index contributed by atoms with van der Waals surface area (Å²) in [6.07, 6.45) is 3.36. The van der Waals surface area contributed by atoms with E-state index in [-0.39, 0.29) is 0 Å². The van der Waals surface area contributed by atoms with Crippen LogP contribution in [-0.4, -0.2) is 43.4 Å². The molecule has 7 rings (SSSR count). The minimum absolute atomic E-state index is 0.686. The molecule has 0 radical (unpaired) electrons. The van der Waals surface area contributed by atoms with Crippen molar-refractivity contribution in [2.75, 3.05) is 14.2 Å². The van der Waals surface area contributed by atoms with Gasteiger partial charge in [0.25, 0.3) is 0 Å². The summed E-state index contributed by atoms with van der Waals surface area (Å²) in [5.74, 6) is 4.70. The lowest BCUT2D eigenvalue weighted by Crippen LogP contribution is -2.08. The van der Waals surface area contributed by atoms with E-state index in [9.17, 15) is 0 Å². The molecule has 1 atom stereocenters. The first kappa shape index (κ1) is 25.7. The molecule has 1 aliphatic rings. The molecule has 6 aromatic rings. The van der Waals surface area contributed by atoms with Crippen molar-refractivity contribution in [3.8, 4) is 11.5 Å². The van der Waals surface area contributed by atoms with E-state index in [1.807, 2.05) is 35.6 Å². The van der Waals surface area contributed by atoms with Gasteiger partial charge in [-0.15, -0.1) is 31.7 Å². The largest absolute Gasteiger partial charge is 0.497 e. The van der Waals surface area contributed by atoms with Crippen molar-refractivity contribution in [2.45, 2.75) is 48.0 Å². The van der Waals surface area contributed by atoms with Gasteiger partial charge in [0.05, 0.1) is 19.6 Å². The highest BCUT2D eigenvalue weighted by Crippen LogP contribution is 2.42. The SMILES string of the molecule is COc1ccc(CSc2nnc3c4c5c(sc4n4c(SCc6ccc(OC)cc6)nnc4n23)CC(C)CC5)cc1. The Kier molecular flexibility index (Phi) is 6.81. The van der Waals surface area contributed by atoms with Crippen molar-refractivity contribution < 1.29 is 9.47 Å². The van der Waals surface area contributed by atoms with Crippen molar-refractivity contribution >= 4 is 56.5 Å². The molecule has 2 aromatic carbocycles. The normalized spacial score (nSPS) is 15.2. The molecule has 0 saturated heterocycles. The molecule has 4 aromatic heterocycles. The van der Waals surface area contributed by atoms with E-state index in [1.165, 1.54) is 38.2 Å². The third-order valence-electron chi connectivity index (χ3n) is 7.42. The maximum absolute atomic E-state index is 5.32. The quantitative estimate of drug-likeness (QED) is 0.182. The number of benzene rings is 2. The summed E-state index contributed by atoms with van der Waals surface area (Å²) in [4.78, 5) is 2.63. The molecule has 8 nitrogen and oxygen atoms in total. The Bertz CT molecular complexity index is 1830. The summed E-state index contributed by atoms with van der Waals surface area (Å²) < 4.78 is 15.0. The molecule has 204 valence electrons. The van der Waals surface area contributed by atoms with Crippen LogP contribution in [-0.2, 0) is 24.3 Å². The van der Waals surface area contributed by atoms with Crippen LogP contribution in [0.2, 0.25) is 0 Å². The number of hydrogen-bond donors (Lipinski definition) is 0. The van der Waals surface area contributed by atoms with Crippen LogP contribution in [0.25, 0.3) is 21.6 Å². The zero-order valence-electron chi connectivity index (χ0n) is 22.5. The van der Waals surface area contributed by atoms with Crippen LogP contribution in [0.4, 0.5) is 0 Å². The monoisotopic (exact) mass is 588 g/mol. The molecule has 11 heteroatoms. The summed E-state index contributed by atoms with van der Waals surface area (Å²) in [7, 11) is 3.37. The van der Waals surface area contributed by atoms with E-state index in [2.05, 4.69) is 50.2 Å². The molecule has 0 bridgehead atoms. The van der Waals surface area contributed by atoms with Gasteiger partial charge in [-0.3, -0.25) is 0 Å². The van der Waals surface area contributed by atoms with E-state index in [0.29, 0.717) is 5.92 Å². The maximum atomic E-state index is 5.32. The van der Waals surface area contributed by atoms with Gasteiger partial charge in [0, 0.05) is 16.4 Å². The third-order valence-corrected chi connectivity index (χ3v) is 10.7. The van der Waals surface area contributed by atoms with Crippen LogP contribution < -0.4 is 9.47 Å². The average Bonchev–Trinajstić information content (AvgIpc) is 3.70. The number of aromatic nitrogens is 6. The fourth-order valence-electron chi connectivity index (χ4n) is 5.25. The molecule has 0 spiro atoms. The Morgan fingerprint density at radius 2 is 1.43 bits per heavy atom. The highest BCUT2D eigenvalue weighted by atomic mass is 32.2. The maximum Gasteiger partial charge on any atom is 0.245 e. The summed E-state index contributed by atoms with van der Waals surface area (Å²) in [6, 6.07) is 16.3. The van der Waals surface area contributed by atoms with Gasteiger partial charge >= 0.3 is 0 Å². The highest BCUT2D eigenvalue weighted by molar-refractivity contribution is 7.98. The molecule has 1 unspecified atom stereocenters. The lowest BCUT2D eigenvalue weighted by Gasteiger charge is -2.17. The number of thiophene rings is 1. The minimum Gasteiger partial charge on any atom is -0.497 e. The second-order valence-electron chi connectivity index (χ2n) is 10.1. The molecule has 0 fully saturated rings. The highest BCUT2D eigenvalue weighted by Gasteiger charge is 2.27. The molecular weight excluding hydrogens is 561 g/mol. The number of rotatable bonds is 8. The van der Waals surface area contributed by atoms with Gasteiger partial charge in [0.1, 0.15) is 16.3 Å². The fourth-order valence-corrected chi connectivity index (χ4v) is 8.58. The van der Waals surface area contributed by atoms with Crippen LogP contribution in [0, 0.1) is 5.92 Å². The Labute approximate surface area is 244 Å². The summed E-state index contributed by atoms with van der Waals surface area (Å²) >= 11 is 5.23. The smallest absolute Gasteiger partial charge is 0.245 e. The van der Waals surface area contributed by atoms with Gasteiger partial charge in [-0.1, -0.05) is 54.7 Å². The van der Waals surface area contributed by atoms with E-state index in [1.54, 1.807) is 37.7 Å². The van der Waals surface area contributed by atoms with Gasteiger partial charge in [-0.25, -0.2) is 8.80 Å². The zero-order valence-corrected chi connectivity index (χ0v) is 24.9. The van der Waals surface area contributed by atoms with Crippen molar-refractivity contribution in [1.29, 1.82) is 0 Å². The number of hydrogen-bond acceptors (Lipinski definition) is 9. The standard InChI is InChI=1S/C29H28N6O2S3/c1-17-4-13-22-23(14-17)40-26-24(22)25-30-32-28(38-15-18-5-9-20(36-2)10-6-18)34(25)27-31-33-29(35(26)27)39-16-19-7-11-21(37-3)12-8-19/h5-12,17H,4,13-16H2,1-3H3. The lowest BCUT2D eigenvalue weighted by atomic mass is 9.89. The Balaban J connectivity index is 1.32. The molecule has 0 saturated carbocycles. The van der Waals surface area contributed by atoms with E-state index in [4.69, 9.17) is 19.7 Å². The molecular formula is C29H28N6O2S3. The van der Waals surface area contributed by atoms with E-state index >= 15 is 0 Å². The summed E-state index contributed by atoms with van der Waals surface area (Å²) in [5, 5.41) is 21.7. The van der Waals surface area contributed by atoms with E-state index in [0.717, 1.165) is 57.6 Å². The number of methoxy groups -OCH3 is 2. The molecule has 4 heterocycles. The molecule has 0 amide bonds. The van der Waals surface area contributed by atoms with E-state index < -0.39 is 0 Å². The summed E-state index contributed by atoms with van der Waals surface area (Å²) in [5.41, 5.74) is 4.70.